The number of thiazole rings is 1. The molecule has 0 saturated heterocycles. The standard InChI is InChI=1S/C26H18N4OS/c27-16-21(25-29-23-11-4-5-12-24(23)32-25)22-13-14-28-26(30-22)31-17-18-7-6-10-20(15-18)19-8-2-1-3-9-19/h1-15,21H,17H2. The zero-order valence-corrected chi connectivity index (χ0v) is 17.9. The molecule has 5 nitrogen and oxygen atoms in total. The van der Waals surface area contributed by atoms with Gasteiger partial charge < -0.3 is 4.74 Å². The van der Waals surface area contributed by atoms with Crippen LogP contribution in [0.3, 0.4) is 0 Å². The normalized spacial score (nSPS) is 11.7. The van der Waals surface area contributed by atoms with Crippen LogP contribution in [0.15, 0.2) is 91.1 Å². The summed E-state index contributed by atoms with van der Waals surface area (Å²) in [6.45, 7) is 0.336. The van der Waals surface area contributed by atoms with Gasteiger partial charge in [0.2, 0.25) is 0 Å². The van der Waals surface area contributed by atoms with Crippen LogP contribution in [0.2, 0.25) is 0 Å². The molecule has 0 amide bonds. The van der Waals surface area contributed by atoms with E-state index in [9.17, 15) is 5.26 Å². The molecular weight excluding hydrogens is 416 g/mol. The van der Waals surface area contributed by atoms with Gasteiger partial charge in [-0.05, 0) is 41.0 Å². The maximum absolute atomic E-state index is 9.81. The summed E-state index contributed by atoms with van der Waals surface area (Å²) in [5, 5.41) is 10.5. The number of fused-ring (bicyclic) bond motifs is 1. The van der Waals surface area contributed by atoms with Crippen molar-refractivity contribution in [2.24, 2.45) is 0 Å². The molecule has 0 N–H and O–H groups in total. The summed E-state index contributed by atoms with van der Waals surface area (Å²) in [4.78, 5) is 13.3. The molecule has 0 fully saturated rings. The van der Waals surface area contributed by atoms with Gasteiger partial charge in [-0.1, -0.05) is 60.7 Å². The molecule has 0 aliphatic carbocycles. The minimum atomic E-state index is -0.570. The van der Waals surface area contributed by atoms with Crippen molar-refractivity contribution in [3.05, 3.63) is 107 Å². The first kappa shape index (κ1) is 19.9. The van der Waals surface area contributed by atoms with E-state index in [1.165, 1.54) is 11.3 Å². The molecule has 0 radical (unpaired) electrons. The van der Waals surface area contributed by atoms with Crippen LogP contribution in [0.1, 0.15) is 22.2 Å². The molecule has 5 aromatic rings. The molecule has 6 heteroatoms. The Bertz CT molecular complexity index is 1380. The van der Waals surface area contributed by atoms with E-state index in [2.05, 4.69) is 45.3 Å². The molecule has 2 heterocycles. The average Bonchev–Trinajstić information content (AvgIpc) is 3.28. The lowest BCUT2D eigenvalue weighted by Crippen LogP contribution is -2.05. The molecule has 0 bridgehead atoms. The number of rotatable bonds is 6. The lowest BCUT2D eigenvalue weighted by molar-refractivity contribution is 0.279. The summed E-state index contributed by atoms with van der Waals surface area (Å²) in [5.41, 5.74) is 4.76. The second kappa shape index (κ2) is 8.96. The highest BCUT2D eigenvalue weighted by Crippen LogP contribution is 2.31. The van der Waals surface area contributed by atoms with E-state index in [0.29, 0.717) is 17.3 Å². The van der Waals surface area contributed by atoms with Crippen molar-refractivity contribution in [3.63, 3.8) is 0 Å². The third-order valence-corrected chi connectivity index (χ3v) is 6.14. The van der Waals surface area contributed by atoms with Crippen molar-refractivity contribution in [1.29, 1.82) is 5.26 Å². The van der Waals surface area contributed by atoms with Crippen LogP contribution in [-0.2, 0) is 6.61 Å². The molecule has 32 heavy (non-hydrogen) atoms. The Morgan fingerprint density at radius 3 is 2.53 bits per heavy atom. The van der Waals surface area contributed by atoms with Gasteiger partial charge in [-0.2, -0.15) is 10.2 Å². The van der Waals surface area contributed by atoms with Crippen molar-refractivity contribution in [2.75, 3.05) is 0 Å². The summed E-state index contributed by atoms with van der Waals surface area (Å²) in [6, 6.07) is 30.6. The molecule has 5 rings (SSSR count). The summed E-state index contributed by atoms with van der Waals surface area (Å²) in [5.74, 6) is -0.570. The van der Waals surface area contributed by atoms with Crippen LogP contribution >= 0.6 is 11.3 Å². The Hall–Kier alpha value is -4.08. The monoisotopic (exact) mass is 434 g/mol. The number of hydrogen-bond donors (Lipinski definition) is 0. The van der Waals surface area contributed by atoms with E-state index >= 15 is 0 Å². The third-order valence-electron chi connectivity index (χ3n) is 5.04. The highest BCUT2D eigenvalue weighted by atomic mass is 32.1. The number of ether oxygens (including phenoxy) is 1. The van der Waals surface area contributed by atoms with Gasteiger partial charge in [-0.25, -0.2) is 9.97 Å². The van der Waals surface area contributed by atoms with Gasteiger partial charge in [0.25, 0.3) is 0 Å². The smallest absolute Gasteiger partial charge is 0.316 e. The largest absolute Gasteiger partial charge is 0.459 e. The first-order valence-corrected chi connectivity index (χ1v) is 11.0. The highest BCUT2D eigenvalue weighted by molar-refractivity contribution is 7.18. The molecule has 0 spiro atoms. The van der Waals surface area contributed by atoms with Crippen molar-refractivity contribution >= 4 is 21.6 Å². The molecule has 1 unspecified atom stereocenters. The molecule has 0 aliphatic rings. The van der Waals surface area contributed by atoms with Crippen LogP contribution in [0.25, 0.3) is 21.3 Å². The van der Waals surface area contributed by atoms with Crippen LogP contribution in [0.4, 0.5) is 0 Å². The highest BCUT2D eigenvalue weighted by Gasteiger charge is 2.20. The van der Waals surface area contributed by atoms with Crippen molar-refractivity contribution in [3.8, 4) is 23.2 Å². The number of nitriles is 1. The average molecular weight is 435 g/mol. The topological polar surface area (TPSA) is 71.7 Å². The van der Waals surface area contributed by atoms with E-state index in [0.717, 1.165) is 26.9 Å². The van der Waals surface area contributed by atoms with Crippen LogP contribution < -0.4 is 4.74 Å². The summed E-state index contributed by atoms with van der Waals surface area (Å²) >= 11 is 1.51. The van der Waals surface area contributed by atoms with E-state index in [1.807, 2.05) is 54.6 Å². The van der Waals surface area contributed by atoms with E-state index in [4.69, 9.17) is 4.74 Å². The van der Waals surface area contributed by atoms with Crippen molar-refractivity contribution < 1.29 is 4.74 Å². The zero-order valence-electron chi connectivity index (χ0n) is 17.1. The van der Waals surface area contributed by atoms with E-state index < -0.39 is 5.92 Å². The second-order valence-corrected chi connectivity index (χ2v) is 8.26. The van der Waals surface area contributed by atoms with Gasteiger partial charge in [0, 0.05) is 6.20 Å². The van der Waals surface area contributed by atoms with E-state index in [1.54, 1.807) is 12.3 Å². The number of nitrogens with zero attached hydrogens (tertiary/aromatic N) is 4. The predicted molar refractivity (Wildman–Crippen MR) is 125 cm³/mol. The lowest BCUT2D eigenvalue weighted by atomic mass is 10.0. The second-order valence-electron chi connectivity index (χ2n) is 7.20. The Kier molecular flexibility index (Phi) is 5.56. The number of aromatic nitrogens is 3. The van der Waals surface area contributed by atoms with E-state index in [-0.39, 0.29) is 6.01 Å². The first-order chi connectivity index (χ1) is 15.8. The number of benzene rings is 3. The first-order valence-electron chi connectivity index (χ1n) is 10.2. The quantitative estimate of drug-likeness (QED) is 0.328. The molecular formula is C26H18N4OS. The molecule has 0 aliphatic heterocycles. The molecule has 0 saturated carbocycles. The Labute approximate surface area is 189 Å². The number of hydrogen-bond acceptors (Lipinski definition) is 6. The number of para-hydroxylation sites is 1. The maximum atomic E-state index is 9.81. The van der Waals surface area contributed by atoms with Gasteiger partial charge in [0.05, 0.1) is 22.0 Å². The summed E-state index contributed by atoms with van der Waals surface area (Å²) in [7, 11) is 0. The van der Waals surface area contributed by atoms with Crippen LogP contribution in [-0.4, -0.2) is 15.0 Å². The SMILES string of the molecule is N#CC(c1ccnc(OCc2cccc(-c3ccccc3)c2)n1)c1nc2ccccc2s1. The Morgan fingerprint density at radius 1 is 0.875 bits per heavy atom. The van der Waals surface area contributed by atoms with Crippen LogP contribution in [0, 0.1) is 11.3 Å². The Balaban J connectivity index is 1.35. The third kappa shape index (κ3) is 4.20. The lowest BCUT2D eigenvalue weighted by Gasteiger charge is -2.09. The minimum absolute atomic E-state index is 0.244. The molecule has 1 atom stereocenters. The summed E-state index contributed by atoms with van der Waals surface area (Å²) < 4.78 is 6.91. The van der Waals surface area contributed by atoms with Gasteiger partial charge >= 0.3 is 6.01 Å². The van der Waals surface area contributed by atoms with Gasteiger partial charge in [-0.3, -0.25) is 0 Å². The van der Waals surface area contributed by atoms with Crippen molar-refractivity contribution in [1.82, 2.24) is 15.0 Å². The maximum Gasteiger partial charge on any atom is 0.316 e. The zero-order chi connectivity index (χ0) is 21.8. The van der Waals surface area contributed by atoms with Gasteiger partial charge in [0.15, 0.2) is 0 Å². The van der Waals surface area contributed by atoms with Gasteiger partial charge in [-0.15, -0.1) is 11.3 Å². The molecule has 2 aromatic heterocycles. The van der Waals surface area contributed by atoms with Crippen molar-refractivity contribution in [2.45, 2.75) is 12.5 Å². The van der Waals surface area contributed by atoms with Crippen LogP contribution in [0.5, 0.6) is 6.01 Å². The molecule has 3 aromatic carbocycles. The van der Waals surface area contributed by atoms with Gasteiger partial charge in [0.1, 0.15) is 17.5 Å². The summed E-state index contributed by atoms with van der Waals surface area (Å²) in [6.07, 6.45) is 1.62. The minimum Gasteiger partial charge on any atom is -0.459 e. The molecule has 154 valence electrons. The predicted octanol–water partition coefficient (Wildman–Crippen LogP) is 5.99. The Morgan fingerprint density at radius 2 is 1.69 bits per heavy atom. The fraction of sp³-hybridized carbons (Fsp3) is 0.0769. The fourth-order valence-electron chi connectivity index (χ4n) is 3.46. The fourth-order valence-corrected chi connectivity index (χ4v) is 4.49.